The molecule has 1 N–H and O–H groups in total. The Hall–Kier alpha value is -1.39. The number of benzene rings is 1. The molecule has 96 valence electrons. The largest absolute Gasteiger partial charge is 0.493 e. The van der Waals surface area contributed by atoms with Crippen molar-refractivity contribution >= 4 is 11.3 Å². The van der Waals surface area contributed by atoms with Gasteiger partial charge in [-0.15, -0.1) is 0 Å². The molecule has 0 fully saturated rings. The minimum atomic E-state index is -0.256. The molecule has 0 aliphatic carbocycles. The highest BCUT2D eigenvalue weighted by Gasteiger charge is 2.02. The molecular weight excluding hydrogens is 249 g/mol. The normalized spacial score (nSPS) is 10.6. The first-order chi connectivity index (χ1) is 8.78. The van der Waals surface area contributed by atoms with Crippen molar-refractivity contribution < 1.29 is 9.13 Å². The van der Waals surface area contributed by atoms with E-state index in [2.05, 4.69) is 16.8 Å². The average Bonchev–Trinajstić information content (AvgIpc) is 2.82. The van der Waals surface area contributed by atoms with Crippen LogP contribution in [0.15, 0.2) is 35.0 Å². The van der Waals surface area contributed by atoms with E-state index in [0.717, 1.165) is 12.0 Å². The highest BCUT2D eigenvalue weighted by Crippen LogP contribution is 2.17. The van der Waals surface area contributed by atoms with Crippen LogP contribution in [0.3, 0.4) is 0 Å². The summed E-state index contributed by atoms with van der Waals surface area (Å²) in [4.78, 5) is 0. The van der Waals surface area contributed by atoms with Gasteiger partial charge >= 0.3 is 0 Å². The minimum Gasteiger partial charge on any atom is -0.493 e. The number of rotatable bonds is 6. The van der Waals surface area contributed by atoms with Gasteiger partial charge < -0.3 is 10.1 Å². The van der Waals surface area contributed by atoms with Crippen molar-refractivity contribution in [1.82, 2.24) is 5.32 Å². The third-order valence-corrected chi connectivity index (χ3v) is 3.28. The highest BCUT2D eigenvalue weighted by molar-refractivity contribution is 7.07. The summed E-state index contributed by atoms with van der Waals surface area (Å²) in [6.07, 6.45) is 0.849. The summed E-state index contributed by atoms with van der Waals surface area (Å²) in [6.45, 7) is 1.21. The summed E-state index contributed by atoms with van der Waals surface area (Å²) >= 11 is 1.67. The fraction of sp³-hybridized carbons (Fsp3) is 0.286. The van der Waals surface area contributed by atoms with Gasteiger partial charge in [-0.2, -0.15) is 11.3 Å². The molecule has 18 heavy (non-hydrogen) atoms. The Labute approximate surface area is 110 Å². The van der Waals surface area contributed by atoms with Gasteiger partial charge in [-0.25, -0.2) is 4.39 Å². The summed E-state index contributed by atoms with van der Waals surface area (Å²) in [5, 5.41) is 7.14. The second kappa shape index (κ2) is 6.52. The van der Waals surface area contributed by atoms with Crippen molar-refractivity contribution in [2.45, 2.75) is 13.0 Å². The first kappa shape index (κ1) is 13.1. The quantitative estimate of drug-likeness (QED) is 0.866. The minimum absolute atomic E-state index is 0.256. The lowest BCUT2D eigenvalue weighted by Gasteiger charge is -2.08. The Morgan fingerprint density at radius 1 is 1.28 bits per heavy atom. The Balaban J connectivity index is 1.92. The Kier molecular flexibility index (Phi) is 4.73. The third-order valence-electron chi connectivity index (χ3n) is 2.55. The number of ether oxygens (including phenoxy) is 1. The van der Waals surface area contributed by atoms with Gasteiger partial charge in [-0.05, 0) is 47.1 Å². The summed E-state index contributed by atoms with van der Waals surface area (Å²) < 4.78 is 18.9. The maximum absolute atomic E-state index is 13.3. The molecular formula is C14H16FNOS. The van der Waals surface area contributed by atoms with Crippen LogP contribution in [-0.4, -0.2) is 13.7 Å². The summed E-state index contributed by atoms with van der Waals surface area (Å²) in [7, 11) is 1.84. The molecule has 0 unspecified atom stereocenters. The molecule has 2 aromatic rings. The molecule has 1 heterocycles. The van der Waals surface area contributed by atoms with E-state index in [9.17, 15) is 4.39 Å². The highest BCUT2D eigenvalue weighted by atomic mass is 32.1. The van der Waals surface area contributed by atoms with Crippen LogP contribution in [0.1, 0.15) is 11.1 Å². The van der Waals surface area contributed by atoms with Crippen molar-refractivity contribution in [2.75, 3.05) is 13.7 Å². The predicted octanol–water partition coefficient (Wildman–Crippen LogP) is 3.23. The lowest BCUT2D eigenvalue weighted by Crippen LogP contribution is -2.06. The summed E-state index contributed by atoms with van der Waals surface area (Å²) in [6, 6.07) is 6.88. The molecule has 4 heteroatoms. The first-order valence-electron chi connectivity index (χ1n) is 5.86. The van der Waals surface area contributed by atoms with Crippen LogP contribution in [0.2, 0.25) is 0 Å². The smallest absolute Gasteiger partial charge is 0.127 e. The molecule has 0 bridgehead atoms. The molecule has 0 atom stereocenters. The van der Waals surface area contributed by atoms with Gasteiger partial charge in [0.25, 0.3) is 0 Å². The zero-order valence-corrected chi connectivity index (χ0v) is 11.1. The van der Waals surface area contributed by atoms with E-state index < -0.39 is 0 Å². The number of halogens is 1. The Morgan fingerprint density at radius 2 is 2.17 bits per heavy atom. The molecule has 0 radical (unpaired) electrons. The molecule has 0 amide bonds. The van der Waals surface area contributed by atoms with Crippen LogP contribution in [0.5, 0.6) is 5.75 Å². The SMILES string of the molecule is CNCc1cc(F)cc(OCCc2ccsc2)c1. The van der Waals surface area contributed by atoms with Crippen LogP contribution in [0, 0.1) is 5.82 Å². The van der Waals surface area contributed by atoms with E-state index in [-0.39, 0.29) is 5.82 Å². The molecule has 1 aromatic carbocycles. The van der Waals surface area contributed by atoms with Crippen molar-refractivity contribution in [3.8, 4) is 5.75 Å². The monoisotopic (exact) mass is 265 g/mol. The van der Waals surface area contributed by atoms with Crippen molar-refractivity contribution in [2.24, 2.45) is 0 Å². The van der Waals surface area contributed by atoms with Crippen LogP contribution >= 0.6 is 11.3 Å². The molecule has 2 rings (SSSR count). The van der Waals surface area contributed by atoms with E-state index in [1.165, 1.54) is 17.7 Å². The van der Waals surface area contributed by atoms with E-state index in [1.807, 2.05) is 18.5 Å². The number of hydrogen-bond acceptors (Lipinski definition) is 3. The molecule has 0 saturated heterocycles. The van der Waals surface area contributed by atoms with Crippen molar-refractivity contribution in [1.29, 1.82) is 0 Å². The zero-order valence-electron chi connectivity index (χ0n) is 10.3. The zero-order chi connectivity index (χ0) is 12.8. The topological polar surface area (TPSA) is 21.3 Å². The predicted molar refractivity (Wildman–Crippen MR) is 72.7 cm³/mol. The summed E-state index contributed by atoms with van der Waals surface area (Å²) in [5.74, 6) is 0.337. The summed E-state index contributed by atoms with van der Waals surface area (Å²) in [5.41, 5.74) is 2.15. The molecule has 0 aliphatic heterocycles. The Bertz CT molecular complexity index is 485. The maximum Gasteiger partial charge on any atom is 0.127 e. The van der Waals surface area contributed by atoms with Crippen molar-refractivity contribution in [3.05, 3.63) is 52.0 Å². The standard InChI is InChI=1S/C14H16FNOS/c1-16-9-12-6-13(15)8-14(7-12)17-4-2-11-3-5-18-10-11/h3,5-8,10,16H,2,4,9H2,1H3. The van der Waals surface area contributed by atoms with E-state index in [4.69, 9.17) is 4.74 Å². The average molecular weight is 265 g/mol. The molecule has 0 spiro atoms. The van der Waals surface area contributed by atoms with Gasteiger partial charge in [0, 0.05) is 19.0 Å². The first-order valence-corrected chi connectivity index (χ1v) is 6.80. The Morgan fingerprint density at radius 3 is 2.89 bits per heavy atom. The molecule has 0 saturated carbocycles. The fourth-order valence-corrected chi connectivity index (χ4v) is 2.44. The van der Waals surface area contributed by atoms with Gasteiger partial charge in [0.05, 0.1) is 6.61 Å². The maximum atomic E-state index is 13.3. The van der Waals surface area contributed by atoms with E-state index >= 15 is 0 Å². The van der Waals surface area contributed by atoms with E-state index in [1.54, 1.807) is 11.3 Å². The van der Waals surface area contributed by atoms with Gasteiger partial charge in [0.15, 0.2) is 0 Å². The van der Waals surface area contributed by atoms with Gasteiger partial charge in [0.1, 0.15) is 11.6 Å². The van der Waals surface area contributed by atoms with Gasteiger partial charge in [-0.3, -0.25) is 0 Å². The lowest BCUT2D eigenvalue weighted by atomic mass is 10.2. The molecule has 2 nitrogen and oxygen atoms in total. The second-order valence-corrected chi connectivity index (χ2v) is 4.84. The third kappa shape index (κ3) is 3.82. The van der Waals surface area contributed by atoms with Crippen molar-refractivity contribution in [3.63, 3.8) is 0 Å². The van der Waals surface area contributed by atoms with E-state index in [0.29, 0.717) is 18.9 Å². The molecule has 1 aromatic heterocycles. The molecule has 0 aliphatic rings. The van der Waals surface area contributed by atoms with Crippen LogP contribution in [0.25, 0.3) is 0 Å². The number of hydrogen-bond donors (Lipinski definition) is 1. The fourth-order valence-electron chi connectivity index (χ4n) is 1.73. The second-order valence-electron chi connectivity index (χ2n) is 4.06. The lowest BCUT2D eigenvalue weighted by molar-refractivity contribution is 0.320. The van der Waals surface area contributed by atoms with Gasteiger partial charge in [-0.1, -0.05) is 0 Å². The number of nitrogens with one attached hydrogen (secondary N) is 1. The number of thiophene rings is 1. The van der Waals surface area contributed by atoms with Crippen LogP contribution in [0.4, 0.5) is 4.39 Å². The van der Waals surface area contributed by atoms with Crippen LogP contribution in [-0.2, 0) is 13.0 Å². The van der Waals surface area contributed by atoms with Crippen LogP contribution < -0.4 is 10.1 Å². The van der Waals surface area contributed by atoms with Gasteiger partial charge in [0.2, 0.25) is 0 Å².